The molecule has 100 valence electrons. The highest BCUT2D eigenvalue weighted by atomic mass is 32.1. The van der Waals surface area contributed by atoms with E-state index in [0.29, 0.717) is 0 Å². The van der Waals surface area contributed by atoms with Crippen molar-refractivity contribution >= 4 is 16.5 Å². The average Bonchev–Trinajstić information content (AvgIpc) is 2.83. The second-order valence-corrected chi connectivity index (χ2v) is 6.35. The summed E-state index contributed by atoms with van der Waals surface area (Å²) in [6.07, 6.45) is 2.48. The van der Waals surface area contributed by atoms with Crippen molar-refractivity contribution in [3.8, 4) is 0 Å². The van der Waals surface area contributed by atoms with Crippen LogP contribution in [-0.4, -0.2) is 61.5 Å². The number of anilines is 1. The molecule has 0 amide bonds. The van der Waals surface area contributed by atoms with Crippen LogP contribution in [0.1, 0.15) is 12.8 Å². The van der Waals surface area contributed by atoms with Crippen LogP contribution in [0.4, 0.5) is 5.13 Å². The lowest BCUT2D eigenvalue weighted by Gasteiger charge is -2.42. The zero-order valence-corrected chi connectivity index (χ0v) is 11.7. The number of hydrogen-bond donors (Lipinski definition) is 0. The predicted octanol–water partition coefficient (Wildman–Crippen LogP) is 1.09. The van der Waals surface area contributed by atoms with Gasteiger partial charge in [-0.25, -0.2) is 0 Å². The van der Waals surface area contributed by atoms with Crippen molar-refractivity contribution in [3.63, 3.8) is 0 Å². The Morgan fingerprint density at radius 1 is 1.39 bits per heavy atom. The zero-order chi connectivity index (χ0) is 12.4. The SMILES string of the molecule is CN1CCOC[C@@]2(CCCN(c3nncs3)C2)C1. The summed E-state index contributed by atoms with van der Waals surface area (Å²) < 4.78 is 5.82. The number of aromatic nitrogens is 2. The zero-order valence-electron chi connectivity index (χ0n) is 10.8. The first kappa shape index (κ1) is 12.3. The number of likely N-dealkylation sites (N-methyl/N-ethyl adjacent to an activating group) is 1. The van der Waals surface area contributed by atoms with Gasteiger partial charge >= 0.3 is 0 Å². The normalized spacial score (nSPS) is 30.6. The Labute approximate surface area is 112 Å². The minimum Gasteiger partial charge on any atom is -0.379 e. The van der Waals surface area contributed by atoms with E-state index in [-0.39, 0.29) is 5.41 Å². The quantitative estimate of drug-likeness (QED) is 0.762. The van der Waals surface area contributed by atoms with Crippen LogP contribution < -0.4 is 4.90 Å². The fourth-order valence-corrected chi connectivity index (χ4v) is 3.72. The molecule has 0 N–H and O–H groups in total. The van der Waals surface area contributed by atoms with Gasteiger partial charge in [-0.3, -0.25) is 0 Å². The summed E-state index contributed by atoms with van der Waals surface area (Å²) in [6.45, 7) is 6.06. The molecule has 5 nitrogen and oxygen atoms in total. The number of piperidine rings is 1. The van der Waals surface area contributed by atoms with Gasteiger partial charge in [0.25, 0.3) is 0 Å². The lowest BCUT2D eigenvalue weighted by Crippen LogP contribution is -2.50. The van der Waals surface area contributed by atoms with Crippen LogP contribution >= 0.6 is 11.3 Å². The van der Waals surface area contributed by atoms with E-state index in [1.54, 1.807) is 11.3 Å². The molecule has 0 saturated carbocycles. The molecule has 0 aromatic carbocycles. The Kier molecular flexibility index (Phi) is 3.50. The van der Waals surface area contributed by atoms with Gasteiger partial charge in [0.2, 0.25) is 5.13 Å². The molecule has 0 unspecified atom stereocenters. The van der Waals surface area contributed by atoms with Crippen molar-refractivity contribution in [1.29, 1.82) is 0 Å². The third kappa shape index (κ3) is 2.50. The second-order valence-electron chi connectivity index (χ2n) is 5.54. The molecule has 18 heavy (non-hydrogen) atoms. The summed E-state index contributed by atoms with van der Waals surface area (Å²) in [5, 5.41) is 9.21. The van der Waals surface area contributed by atoms with Crippen LogP contribution in [0.25, 0.3) is 0 Å². The third-order valence-corrected chi connectivity index (χ3v) is 4.66. The molecule has 1 aromatic rings. The summed E-state index contributed by atoms with van der Waals surface area (Å²) in [5.41, 5.74) is 2.08. The van der Waals surface area contributed by atoms with E-state index < -0.39 is 0 Å². The summed E-state index contributed by atoms with van der Waals surface area (Å²) >= 11 is 1.63. The van der Waals surface area contributed by atoms with Gasteiger partial charge in [0.1, 0.15) is 5.51 Å². The van der Waals surface area contributed by atoms with E-state index >= 15 is 0 Å². The van der Waals surface area contributed by atoms with E-state index in [9.17, 15) is 0 Å². The molecule has 1 aromatic heterocycles. The van der Waals surface area contributed by atoms with Crippen molar-refractivity contribution < 1.29 is 4.74 Å². The van der Waals surface area contributed by atoms with Gasteiger partial charge < -0.3 is 14.5 Å². The average molecular weight is 268 g/mol. The van der Waals surface area contributed by atoms with Crippen molar-refractivity contribution in [1.82, 2.24) is 15.1 Å². The number of rotatable bonds is 1. The van der Waals surface area contributed by atoms with Crippen molar-refractivity contribution in [2.24, 2.45) is 5.41 Å². The highest BCUT2D eigenvalue weighted by molar-refractivity contribution is 7.13. The van der Waals surface area contributed by atoms with Crippen LogP contribution in [-0.2, 0) is 4.74 Å². The molecule has 0 bridgehead atoms. The molecule has 0 radical (unpaired) electrons. The Morgan fingerprint density at radius 3 is 3.17 bits per heavy atom. The van der Waals surface area contributed by atoms with Gasteiger partial charge in [-0.1, -0.05) is 11.3 Å². The minimum absolute atomic E-state index is 0.273. The molecule has 0 aliphatic carbocycles. The van der Waals surface area contributed by atoms with Gasteiger partial charge in [-0.05, 0) is 19.9 Å². The Bertz CT molecular complexity index is 385. The first-order valence-corrected chi connectivity index (χ1v) is 7.43. The molecule has 3 rings (SSSR count). The standard InChI is InChI=1S/C12H20N4OS/c1-15-5-6-17-9-12(7-15)3-2-4-16(8-12)11-14-13-10-18-11/h10H,2-9H2,1H3/t12-/m0/s1. The topological polar surface area (TPSA) is 41.5 Å². The maximum Gasteiger partial charge on any atom is 0.208 e. The largest absolute Gasteiger partial charge is 0.379 e. The molecule has 1 spiro atoms. The Balaban J connectivity index is 1.75. The first-order valence-electron chi connectivity index (χ1n) is 6.55. The number of hydrogen-bond acceptors (Lipinski definition) is 6. The fraction of sp³-hybridized carbons (Fsp3) is 0.833. The lowest BCUT2D eigenvalue weighted by atomic mass is 9.80. The van der Waals surface area contributed by atoms with Crippen LogP contribution in [0.15, 0.2) is 5.51 Å². The summed E-state index contributed by atoms with van der Waals surface area (Å²) in [4.78, 5) is 4.78. The maximum absolute atomic E-state index is 5.82. The maximum atomic E-state index is 5.82. The third-order valence-electron chi connectivity index (χ3n) is 3.91. The molecule has 2 saturated heterocycles. The summed E-state index contributed by atoms with van der Waals surface area (Å²) in [7, 11) is 2.19. The summed E-state index contributed by atoms with van der Waals surface area (Å²) in [5.74, 6) is 0. The number of nitrogens with zero attached hydrogens (tertiary/aromatic N) is 4. The monoisotopic (exact) mass is 268 g/mol. The molecule has 3 heterocycles. The lowest BCUT2D eigenvalue weighted by molar-refractivity contribution is 0.0570. The molecular weight excluding hydrogens is 248 g/mol. The van der Waals surface area contributed by atoms with E-state index in [4.69, 9.17) is 4.74 Å². The van der Waals surface area contributed by atoms with Crippen LogP contribution in [0.5, 0.6) is 0 Å². The van der Waals surface area contributed by atoms with Crippen LogP contribution in [0.2, 0.25) is 0 Å². The Hall–Kier alpha value is -0.720. The van der Waals surface area contributed by atoms with E-state index in [0.717, 1.165) is 44.5 Å². The van der Waals surface area contributed by atoms with Crippen molar-refractivity contribution in [2.75, 3.05) is 51.3 Å². The molecular formula is C12H20N4OS. The highest BCUT2D eigenvalue weighted by Gasteiger charge is 2.38. The molecule has 2 aliphatic rings. The number of ether oxygens (including phenoxy) is 1. The van der Waals surface area contributed by atoms with E-state index in [2.05, 4.69) is 27.0 Å². The Morgan fingerprint density at radius 2 is 2.33 bits per heavy atom. The smallest absolute Gasteiger partial charge is 0.208 e. The molecule has 6 heteroatoms. The fourth-order valence-electron chi connectivity index (χ4n) is 3.13. The van der Waals surface area contributed by atoms with Crippen molar-refractivity contribution in [3.05, 3.63) is 5.51 Å². The van der Waals surface area contributed by atoms with Gasteiger partial charge in [-0.2, -0.15) is 0 Å². The molecule has 2 aliphatic heterocycles. The second kappa shape index (κ2) is 5.11. The van der Waals surface area contributed by atoms with Crippen LogP contribution in [0.3, 0.4) is 0 Å². The van der Waals surface area contributed by atoms with Crippen LogP contribution in [0, 0.1) is 5.41 Å². The molecule has 2 fully saturated rings. The summed E-state index contributed by atoms with van der Waals surface area (Å²) in [6, 6.07) is 0. The van der Waals surface area contributed by atoms with E-state index in [1.165, 1.54) is 12.8 Å². The van der Waals surface area contributed by atoms with Crippen molar-refractivity contribution in [2.45, 2.75) is 12.8 Å². The predicted molar refractivity (Wildman–Crippen MR) is 72.1 cm³/mol. The minimum atomic E-state index is 0.273. The van der Waals surface area contributed by atoms with Gasteiger partial charge in [0.15, 0.2) is 0 Å². The van der Waals surface area contributed by atoms with Gasteiger partial charge in [0.05, 0.1) is 13.2 Å². The first-order chi connectivity index (χ1) is 8.77. The van der Waals surface area contributed by atoms with Gasteiger partial charge in [0, 0.05) is 31.6 Å². The highest BCUT2D eigenvalue weighted by Crippen LogP contribution is 2.35. The van der Waals surface area contributed by atoms with Gasteiger partial charge in [-0.15, -0.1) is 10.2 Å². The van der Waals surface area contributed by atoms with E-state index in [1.807, 2.05) is 5.51 Å². The molecule has 1 atom stereocenters.